The van der Waals surface area contributed by atoms with Gasteiger partial charge in [0.25, 0.3) is 0 Å². The van der Waals surface area contributed by atoms with Crippen molar-refractivity contribution in [2.45, 2.75) is 37.8 Å². The first-order valence-electron chi connectivity index (χ1n) is 6.34. The first kappa shape index (κ1) is 17.5. The van der Waals surface area contributed by atoms with Crippen molar-refractivity contribution in [1.29, 1.82) is 5.41 Å². The molecule has 0 atom stereocenters. The number of hydrogen-bond donors (Lipinski definition) is 1. The minimum absolute atomic E-state index is 0. The maximum absolute atomic E-state index is 12.4. The molecule has 0 aliphatic heterocycles. The lowest BCUT2D eigenvalue weighted by atomic mass is 9.74. The van der Waals surface area contributed by atoms with Crippen molar-refractivity contribution in [2.75, 3.05) is 12.9 Å². The van der Waals surface area contributed by atoms with Crippen LogP contribution in [0.5, 0.6) is 0 Å². The summed E-state index contributed by atoms with van der Waals surface area (Å²) in [5, 5.41) is 8.02. The molecule has 0 spiro atoms. The van der Waals surface area contributed by atoms with Gasteiger partial charge in [0, 0.05) is 12.0 Å². The molecule has 0 fully saturated rings. The Morgan fingerprint density at radius 1 is 1.45 bits per heavy atom. The summed E-state index contributed by atoms with van der Waals surface area (Å²) in [6, 6.07) is 0. The summed E-state index contributed by atoms with van der Waals surface area (Å²) in [7, 11) is 0. The molecule has 3 nitrogen and oxygen atoms in total. The number of halogens is 1. The summed E-state index contributed by atoms with van der Waals surface area (Å²) in [5.74, 6) is 0.414. The zero-order valence-electron chi connectivity index (χ0n) is 12.2. The Balaban J connectivity index is 0.00000200. The van der Waals surface area contributed by atoms with E-state index in [1.165, 1.54) is 11.3 Å². The number of hydrogen-bond acceptors (Lipinski definition) is 5. The third-order valence-electron chi connectivity index (χ3n) is 3.23. The summed E-state index contributed by atoms with van der Waals surface area (Å²) in [4.78, 5) is 13.2. The van der Waals surface area contributed by atoms with E-state index < -0.39 is 0 Å². The second-order valence-electron chi connectivity index (χ2n) is 5.48. The van der Waals surface area contributed by atoms with Gasteiger partial charge in [0.2, 0.25) is 5.90 Å². The predicted molar refractivity (Wildman–Crippen MR) is 88.2 cm³/mol. The highest BCUT2D eigenvalue weighted by Gasteiger charge is 2.36. The summed E-state index contributed by atoms with van der Waals surface area (Å²) in [5.41, 5.74) is 1.84. The first-order valence-corrected chi connectivity index (χ1v) is 8.38. The summed E-state index contributed by atoms with van der Waals surface area (Å²) < 4.78 is 6.35. The molecule has 20 heavy (non-hydrogen) atoms. The number of ether oxygens (including phenoxy) is 1. The Kier molecular flexibility index (Phi) is 5.70. The van der Waals surface area contributed by atoms with Gasteiger partial charge in [-0.2, -0.15) is 0 Å². The van der Waals surface area contributed by atoms with Gasteiger partial charge in [-0.15, -0.1) is 35.5 Å². The third-order valence-corrected chi connectivity index (χ3v) is 5.58. The molecule has 0 amide bonds. The highest BCUT2D eigenvalue weighted by atomic mass is 35.5. The lowest BCUT2D eigenvalue weighted by Crippen LogP contribution is -2.27. The zero-order chi connectivity index (χ0) is 14.2. The molecule has 1 aliphatic carbocycles. The van der Waals surface area contributed by atoms with E-state index in [1.807, 2.05) is 13.2 Å². The fourth-order valence-electron chi connectivity index (χ4n) is 2.49. The largest absolute Gasteiger partial charge is 0.477 e. The molecular weight excluding hydrogens is 314 g/mol. The molecule has 1 aromatic rings. The molecule has 1 heterocycles. The fraction of sp³-hybridized carbons (Fsp3) is 0.571. The number of fused-ring (bicyclic) bond motifs is 1. The maximum atomic E-state index is 12.4. The van der Waals surface area contributed by atoms with Crippen molar-refractivity contribution in [3.05, 3.63) is 16.0 Å². The van der Waals surface area contributed by atoms with E-state index in [2.05, 4.69) is 13.8 Å². The Morgan fingerprint density at radius 2 is 2.10 bits per heavy atom. The van der Waals surface area contributed by atoms with Gasteiger partial charge < -0.3 is 4.74 Å². The summed E-state index contributed by atoms with van der Waals surface area (Å²) in [6.45, 7) is 6.58. The van der Waals surface area contributed by atoms with Gasteiger partial charge in [0.1, 0.15) is 0 Å². The molecule has 0 saturated carbocycles. The van der Waals surface area contributed by atoms with E-state index in [-0.39, 0.29) is 29.5 Å². The van der Waals surface area contributed by atoms with Crippen molar-refractivity contribution in [3.63, 3.8) is 0 Å². The fourth-order valence-corrected chi connectivity index (χ4v) is 4.49. The number of Topliss-reactive ketones (excluding diaryl/α,β-unsaturated/α-hetero) is 1. The van der Waals surface area contributed by atoms with Crippen LogP contribution in [0.1, 0.15) is 48.0 Å². The van der Waals surface area contributed by atoms with Gasteiger partial charge in [0.05, 0.1) is 15.7 Å². The topological polar surface area (TPSA) is 50.1 Å². The van der Waals surface area contributed by atoms with E-state index in [0.717, 1.165) is 26.6 Å². The molecule has 1 aliphatic rings. The number of thioether (sulfide) groups is 1. The Bertz CT molecular complexity index is 538. The standard InChI is InChI=1S/C14H19NO2S2.ClH/c1-5-17-12(15)11-8-6-14(2,3)7-9(16)10(8)13(18-4)19-11;/h15H,5-7H2,1-4H3;1H. The van der Waals surface area contributed by atoms with E-state index in [9.17, 15) is 4.79 Å². The molecule has 0 bridgehead atoms. The second-order valence-corrected chi connectivity index (χ2v) is 7.57. The zero-order valence-corrected chi connectivity index (χ0v) is 14.6. The lowest BCUT2D eigenvalue weighted by molar-refractivity contribution is 0.0910. The summed E-state index contributed by atoms with van der Waals surface area (Å²) >= 11 is 3.11. The highest BCUT2D eigenvalue weighted by Crippen LogP contribution is 2.44. The van der Waals surface area contributed by atoms with Crippen LogP contribution in [0.25, 0.3) is 0 Å². The monoisotopic (exact) mass is 333 g/mol. The molecule has 0 radical (unpaired) electrons. The Morgan fingerprint density at radius 3 is 2.65 bits per heavy atom. The molecule has 0 saturated heterocycles. The van der Waals surface area contributed by atoms with Crippen LogP contribution in [0.3, 0.4) is 0 Å². The smallest absolute Gasteiger partial charge is 0.223 e. The number of carbonyl (C=O) groups excluding carboxylic acids is 1. The molecule has 6 heteroatoms. The van der Waals surface area contributed by atoms with Crippen LogP contribution >= 0.6 is 35.5 Å². The van der Waals surface area contributed by atoms with Crippen LogP contribution in [-0.4, -0.2) is 24.5 Å². The van der Waals surface area contributed by atoms with Gasteiger partial charge >= 0.3 is 0 Å². The van der Waals surface area contributed by atoms with Crippen LogP contribution < -0.4 is 0 Å². The van der Waals surface area contributed by atoms with E-state index in [1.54, 1.807) is 11.8 Å². The molecule has 2 rings (SSSR count). The maximum Gasteiger partial charge on any atom is 0.223 e. The SMILES string of the molecule is CCOC(=N)c1sc(SC)c2c1CC(C)(C)CC2=O.Cl. The van der Waals surface area contributed by atoms with Gasteiger partial charge in [-0.1, -0.05) is 13.8 Å². The van der Waals surface area contributed by atoms with Gasteiger partial charge in [-0.25, -0.2) is 0 Å². The van der Waals surface area contributed by atoms with Crippen LogP contribution in [0, 0.1) is 10.8 Å². The van der Waals surface area contributed by atoms with Crippen LogP contribution in [0.15, 0.2) is 4.21 Å². The number of rotatable bonds is 3. The Hall–Kier alpha value is -0.520. The van der Waals surface area contributed by atoms with Crippen molar-refractivity contribution < 1.29 is 9.53 Å². The number of nitrogens with one attached hydrogen (secondary N) is 1. The van der Waals surface area contributed by atoms with E-state index >= 15 is 0 Å². The predicted octanol–water partition coefficient (Wildman–Crippen LogP) is 4.41. The van der Waals surface area contributed by atoms with E-state index in [0.29, 0.717) is 13.0 Å². The molecule has 1 N–H and O–H groups in total. The second kappa shape index (κ2) is 6.50. The third kappa shape index (κ3) is 3.21. The molecule has 0 unspecified atom stereocenters. The number of carbonyl (C=O) groups is 1. The molecule has 1 aromatic heterocycles. The normalized spacial score (nSPS) is 16.3. The highest BCUT2D eigenvalue weighted by molar-refractivity contribution is 8.00. The van der Waals surface area contributed by atoms with Crippen molar-refractivity contribution in [2.24, 2.45) is 5.41 Å². The Labute approximate surface area is 134 Å². The number of thiophene rings is 1. The molecular formula is C14H20ClNO2S2. The van der Waals surface area contributed by atoms with Crippen molar-refractivity contribution in [3.8, 4) is 0 Å². The summed E-state index contributed by atoms with van der Waals surface area (Å²) in [6.07, 6.45) is 3.41. The lowest BCUT2D eigenvalue weighted by Gasteiger charge is -2.29. The van der Waals surface area contributed by atoms with Crippen LogP contribution in [-0.2, 0) is 11.2 Å². The first-order chi connectivity index (χ1) is 8.89. The minimum atomic E-state index is -0.0257. The molecule has 112 valence electrons. The van der Waals surface area contributed by atoms with E-state index in [4.69, 9.17) is 10.1 Å². The van der Waals surface area contributed by atoms with Crippen LogP contribution in [0.4, 0.5) is 0 Å². The average molecular weight is 334 g/mol. The van der Waals surface area contributed by atoms with Crippen molar-refractivity contribution in [1.82, 2.24) is 0 Å². The number of ketones is 1. The van der Waals surface area contributed by atoms with Gasteiger partial charge in [-0.3, -0.25) is 10.2 Å². The van der Waals surface area contributed by atoms with Crippen LogP contribution in [0.2, 0.25) is 0 Å². The molecule has 0 aromatic carbocycles. The minimum Gasteiger partial charge on any atom is -0.477 e. The quantitative estimate of drug-likeness (QED) is 0.506. The average Bonchev–Trinajstić information content (AvgIpc) is 2.66. The van der Waals surface area contributed by atoms with Crippen molar-refractivity contribution >= 4 is 47.2 Å². The van der Waals surface area contributed by atoms with Gasteiger partial charge in [0.15, 0.2) is 5.78 Å². The van der Waals surface area contributed by atoms with Gasteiger partial charge in [-0.05, 0) is 30.6 Å².